The van der Waals surface area contributed by atoms with Gasteiger partial charge in [0.2, 0.25) is 0 Å². The van der Waals surface area contributed by atoms with Crippen molar-refractivity contribution in [1.29, 1.82) is 0 Å². The lowest BCUT2D eigenvalue weighted by Gasteiger charge is -2.42. The molecule has 42 heavy (non-hydrogen) atoms. The average molecular weight is 602 g/mol. The first-order valence-corrected chi connectivity index (χ1v) is 15.8. The maximum Gasteiger partial charge on any atom is 0.264 e. The summed E-state index contributed by atoms with van der Waals surface area (Å²) in [7, 11) is -2.44. The minimum absolute atomic E-state index is 0.183. The van der Waals surface area contributed by atoms with Crippen LogP contribution < -0.4 is 19.7 Å². The van der Waals surface area contributed by atoms with Crippen molar-refractivity contribution < 1.29 is 17.9 Å². The Morgan fingerprint density at radius 3 is 2.36 bits per heavy atom. The number of carbonyl (C=O) groups excluding carboxylic acids is 1. The van der Waals surface area contributed by atoms with Gasteiger partial charge in [-0.1, -0.05) is 60.1 Å². The van der Waals surface area contributed by atoms with Crippen LogP contribution in [-0.2, 0) is 22.0 Å². The number of fused-ring (bicyclic) bond motifs is 2. The third-order valence-electron chi connectivity index (χ3n) is 8.42. The lowest BCUT2D eigenvalue weighted by molar-refractivity contribution is 0.0950. The van der Waals surface area contributed by atoms with Crippen molar-refractivity contribution in [3.63, 3.8) is 0 Å². The van der Waals surface area contributed by atoms with Crippen LogP contribution in [0.4, 0.5) is 5.69 Å². The Morgan fingerprint density at radius 1 is 0.976 bits per heavy atom. The summed E-state index contributed by atoms with van der Waals surface area (Å²) >= 11 is 6.30. The number of piperidine rings is 1. The lowest BCUT2D eigenvalue weighted by Crippen LogP contribution is -2.46. The van der Waals surface area contributed by atoms with Crippen molar-refractivity contribution in [2.75, 3.05) is 24.5 Å². The number of anilines is 1. The zero-order valence-corrected chi connectivity index (χ0v) is 24.8. The molecule has 2 N–H and O–H groups in total. The molecule has 0 radical (unpaired) electrons. The second-order valence-electron chi connectivity index (χ2n) is 10.7. The molecule has 0 bridgehead atoms. The maximum absolute atomic E-state index is 14.5. The van der Waals surface area contributed by atoms with E-state index >= 15 is 0 Å². The zero-order chi connectivity index (χ0) is 29.3. The Morgan fingerprint density at radius 2 is 1.67 bits per heavy atom. The number of nitrogens with zero attached hydrogens (tertiary/aromatic N) is 1. The van der Waals surface area contributed by atoms with Gasteiger partial charge in [0.1, 0.15) is 5.75 Å². The number of halogens is 1. The quantitative estimate of drug-likeness (QED) is 0.277. The Bertz CT molecular complexity index is 1710. The van der Waals surface area contributed by atoms with Gasteiger partial charge in [0.05, 0.1) is 23.7 Å². The summed E-state index contributed by atoms with van der Waals surface area (Å²) in [6.45, 7) is 1.76. The van der Waals surface area contributed by atoms with Crippen LogP contribution in [0.15, 0.2) is 102 Å². The normalized spacial score (nSPS) is 17.6. The molecule has 2 aliphatic heterocycles. The fourth-order valence-corrected chi connectivity index (χ4v) is 8.26. The topological polar surface area (TPSA) is 87.7 Å². The van der Waals surface area contributed by atoms with Crippen LogP contribution in [0.5, 0.6) is 5.75 Å². The van der Waals surface area contributed by atoms with E-state index < -0.39 is 21.5 Å². The number of ether oxygens (including phenoxy) is 1. The molecule has 1 unspecified atom stereocenters. The number of nitrogens with one attached hydrogen (secondary N) is 2. The molecule has 216 valence electrons. The van der Waals surface area contributed by atoms with Crippen LogP contribution in [-0.4, -0.2) is 34.5 Å². The van der Waals surface area contributed by atoms with Crippen LogP contribution in [0.3, 0.4) is 0 Å². The van der Waals surface area contributed by atoms with Gasteiger partial charge in [-0.2, -0.15) is 0 Å². The fourth-order valence-electron chi connectivity index (χ4n) is 6.33. The predicted molar refractivity (Wildman–Crippen MR) is 165 cm³/mol. The standard InChI is InChI=1S/C33H32ClN3O4S/c1-41-26-12-14-27(15-13-26)42(39,40)37-30-16-11-24(32(38)36-22-25-9-5-6-10-29(25)34)21-28(30)33(17-19-35-20-18-33)31(37)23-7-3-2-4-8-23/h2-16,21,31,35H,17-20,22H2,1H3,(H,36,38). The van der Waals surface area contributed by atoms with E-state index in [1.165, 1.54) is 0 Å². The third-order valence-corrected chi connectivity index (χ3v) is 10.6. The number of amides is 1. The molecule has 1 atom stereocenters. The Hall–Kier alpha value is -3.85. The summed E-state index contributed by atoms with van der Waals surface area (Å²) in [6, 6.07) is 28.6. The van der Waals surface area contributed by atoms with Crippen molar-refractivity contribution in [3.05, 3.63) is 124 Å². The van der Waals surface area contributed by atoms with E-state index in [9.17, 15) is 13.2 Å². The molecule has 7 nitrogen and oxygen atoms in total. The molecule has 9 heteroatoms. The molecule has 1 fully saturated rings. The summed E-state index contributed by atoms with van der Waals surface area (Å²) in [5.41, 5.74) is 3.17. The van der Waals surface area contributed by atoms with Gasteiger partial charge < -0.3 is 15.4 Å². The largest absolute Gasteiger partial charge is 0.497 e. The highest BCUT2D eigenvalue weighted by molar-refractivity contribution is 7.92. The highest BCUT2D eigenvalue weighted by Crippen LogP contribution is 2.59. The number of sulfonamides is 1. The molecule has 0 aromatic heterocycles. The van der Waals surface area contributed by atoms with Gasteiger partial charge in [0, 0.05) is 22.5 Å². The monoisotopic (exact) mass is 601 g/mol. The van der Waals surface area contributed by atoms with Gasteiger partial charge in [-0.3, -0.25) is 9.10 Å². The van der Waals surface area contributed by atoms with E-state index in [-0.39, 0.29) is 17.3 Å². The van der Waals surface area contributed by atoms with Gasteiger partial charge in [0.15, 0.2) is 0 Å². The van der Waals surface area contributed by atoms with Crippen molar-refractivity contribution in [2.45, 2.75) is 35.7 Å². The number of carbonyl (C=O) groups is 1. The second kappa shape index (κ2) is 11.4. The Kier molecular flexibility index (Phi) is 7.70. The van der Waals surface area contributed by atoms with E-state index in [1.54, 1.807) is 53.9 Å². The number of benzene rings is 4. The summed E-state index contributed by atoms with van der Waals surface area (Å²) in [4.78, 5) is 13.6. The molecular weight excluding hydrogens is 570 g/mol. The third kappa shape index (κ3) is 4.93. The summed E-state index contributed by atoms with van der Waals surface area (Å²) in [6.07, 6.45) is 1.44. The van der Waals surface area contributed by atoms with Crippen molar-refractivity contribution in [2.24, 2.45) is 0 Å². The highest BCUT2D eigenvalue weighted by Gasteiger charge is 2.55. The van der Waals surface area contributed by atoms with Gasteiger partial charge in [-0.05, 0) is 91.2 Å². The minimum atomic E-state index is -3.99. The minimum Gasteiger partial charge on any atom is -0.497 e. The predicted octanol–water partition coefficient (Wildman–Crippen LogP) is 5.85. The zero-order valence-electron chi connectivity index (χ0n) is 23.2. The smallest absolute Gasteiger partial charge is 0.264 e. The van der Waals surface area contributed by atoms with Gasteiger partial charge in [-0.25, -0.2) is 8.42 Å². The molecule has 0 aliphatic carbocycles. The molecule has 1 saturated heterocycles. The molecule has 1 spiro atoms. The second-order valence-corrected chi connectivity index (χ2v) is 12.9. The summed E-state index contributed by atoms with van der Waals surface area (Å²) in [5.74, 6) is 0.340. The van der Waals surface area contributed by atoms with E-state index in [4.69, 9.17) is 16.3 Å². The molecule has 4 aromatic rings. The first-order chi connectivity index (χ1) is 20.3. The number of hydrogen-bond acceptors (Lipinski definition) is 5. The lowest BCUT2D eigenvalue weighted by atomic mass is 9.68. The van der Waals surface area contributed by atoms with Gasteiger partial charge in [-0.15, -0.1) is 0 Å². The van der Waals surface area contributed by atoms with E-state index in [0.29, 0.717) is 22.0 Å². The maximum atomic E-state index is 14.5. The van der Waals surface area contributed by atoms with E-state index in [1.807, 2.05) is 54.6 Å². The molecule has 6 rings (SSSR count). The van der Waals surface area contributed by atoms with Crippen LogP contribution in [0.1, 0.15) is 45.9 Å². The number of rotatable bonds is 7. The summed E-state index contributed by atoms with van der Waals surface area (Å²) in [5, 5.41) is 7.01. The fraction of sp³-hybridized carbons (Fsp3) is 0.242. The van der Waals surface area contributed by atoms with Gasteiger partial charge >= 0.3 is 0 Å². The summed E-state index contributed by atoms with van der Waals surface area (Å²) < 4.78 is 35.8. The Balaban J connectivity index is 1.47. The van der Waals surface area contributed by atoms with Crippen LogP contribution >= 0.6 is 11.6 Å². The van der Waals surface area contributed by atoms with Gasteiger partial charge in [0.25, 0.3) is 15.9 Å². The molecule has 1 amide bonds. The average Bonchev–Trinajstić information content (AvgIpc) is 3.30. The molecule has 4 aromatic carbocycles. The highest BCUT2D eigenvalue weighted by atomic mass is 35.5. The molecular formula is C33H32ClN3O4S. The molecule has 0 saturated carbocycles. The van der Waals surface area contributed by atoms with Crippen LogP contribution in [0.2, 0.25) is 5.02 Å². The van der Waals surface area contributed by atoms with Crippen molar-refractivity contribution in [3.8, 4) is 5.75 Å². The SMILES string of the molecule is COc1ccc(S(=O)(=O)N2c3ccc(C(=O)NCc4ccccc4Cl)cc3C3(CCNCC3)C2c2ccccc2)cc1. The molecule has 2 heterocycles. The van der Waals surface area contributed by atoms with Crippen molar-refractivity contribution in [1.82, 2.24) is 10.6 Å². The number of hydrogen-bond donors (Lipinski definition) is 2. The number of methoxy groups -OCH3 is 1. The van der Waals surface area contributed by atoms with Crippen LogP contribution in [0.25, 0.3) is 0 Å². The first-order valence-electron chi connectivity index (χ1n) is 14.0. The van der Waals surface area contributed by atoms with E-state index in [0.717, 1.165) is 42.6 Å². The molecule has 2 aliphatic rings. The van der Waals surface area contributed by atoms with E-state index in [2.05, 4.69) is 10.6 Å². The first kappa shape index (κ1) is 28.3. The van der Waals surface area contributed by atoms with Crippen molar-refractivity contribution >= 4 is 33.2 Å². The Labute approximate surface area is 251 Å². The van der Waals surface area contributed by atoms with Crippen LogP contribution in [0, 0.1) is 0 Å².